The van der Waals surface area contributed by atoms with Crippen LogP contribution in [0.25, 0.3) is 0 Å². The van der Waals surface area contributed by atoms with Crippen LogP contribution in [0.2, 0.25) is 0 Å². The van der Waals surface area contributed by atoms with E-state index in [1.54, 1.807) is 5.92 Å². The van der Waals surface area contributed by atoms with Crippen molar-refractivity contribution in [3.8, 4) is 0 Å². The molecule has 0 fully saturated rings. The quantitative estimate of drug-likeness (QED) is 0.580. The van der Waals surface area contributed by atoms with Crippen LogP contribution in [0.4, 0.5) is 0 Å². The molecule has 0 aliphatic heterocycles. The van der Waals surface area contributed by atoms with Crippen molar-refractivity contribution in [2.45, 2.75) is 59.3 Å². The maximum Gasteiger partial charge on any atom is -0.0126 e. The second-order valence-corrected chi connectivity index (χ2v) is 7.71. The fraction of sp³-hybridized carbons (Fsp3) is 0.435. The first-order chi connectivity index (χ1) is 10.9. The van der Waals surface area contributed by atoms with Crippen molar-refractivity contribution in [2.24, 2.45) is 5.92 Å². The number of hydrogen-bond donors (Lipinski definition) is 0. The summed E-state index contributed by atoms with van der Waals surface area (Å²) >= 11 is 0. The van der Waals surface area contributed by atoms with E-state index in [0.29, 0.717) is 5.92 Å². The molecule has 0 heterocycles. The molecule has 23 heavy (non-hydrogen) atoms. The van der Waals surface area contributed by atoms with Crippen LogP contribution in [0.1, 0.15) is 57.7 Å². The lowest BCUT2D eigenvalue weighted by Crippen LogP contribution is -2.19. The van der Waals surface area contributed by atoms with E-state index < -0.39 is 0 Å². The summed E-state index contributed by atoms with van der Waals surface area (Å²) in [5.74, 6) is 2.30. The topological polar surface area (TPSA) is 0 Å². The zero-order valence-electron chi connectivity index (χ0n) is 15.4. The van der Waals surface area contributed by atoms with Gasteiger partial charge in [0, 0.05) is 0 Å². The Balaban J connectivity index is 2.25. The van der Waals surface area contributed by atoms with Crippen LogP contribution in [-0.4, -0.2) is 0 Å². The number of benzene rings is 2. The average Bonchev–Trinajstić information content (AvgIpc) is 2.54. The molecule has 0 bridgehead atoms. The van der Waals surface area contributed by atoms with Crippen molar-refractivity contribution in [1.82, 2.24) is 0 Å². The summed E-state index contributed by atoms with van der Waals surface area (Å²) in [6.45, 7) is 11.6. The summed E-state index contributed by atoms with van der Waals surface area (Å²) in [6, 6.07) is 19.8. The Kier molecular flexibility index (Phi) is 6.04. The summed E-state index contributed by atoms with van der Waals surface area (Å²) in [7, 11) is 0. The van der Waals surface area contributed by atoms with Gasteiger partial charge in [-0.3, -0.25) is 0 Å². The minimum atomic E-state index is 0.198. The highest BCUT2D eigenvalue weighted by molar-refractivity contribution is 5.36. The third-order valence-electron chi connectivity index (χ3n) is 4.83. The summed E-state index contributed by atoms with van der Waals surface area (Å²) in [5, 5.41) is 0. The number of hydrogen-bond acceptors (Lipinski definition) is 0. The van der Waals surface area contributed by atoms with Gasteiger partial charge in [0.1, 0.15) is 0 Å². The van der Waals surface area contributed by atoms with Crippen LogP contribution in [-0.2, 0) is 18.3 Å². The molecular formula is C23H31. The van der Waals surface area contributed by atoms with Crippen molar-refractivity contribution in [3.63, 3.8) is 0 Å². The highest BCUT2D eigenvalue weighted by Gasteiger charge is 2.22. The summed E-state index contributed by atoms with van der Waals surface area (Å²) in [4.78, 5) is 0. The standard InChI is InChI=1S/C23H31/c1-6-18(2)21(16-19-12-8-7-9-13-19)17-20-14-10-11-15-22(20)23(3,4)5/h7-15,18H,6,16-17H2,1-5H3. The monoisotopic (exact) mass is 307 g/mol. The molecule has 2 aromatic carbocycles. The Bertz CT molecular complexity index is 589. The Labute approximate surface area is 143 Å². The molecule has 0 aliphatic rings. The van der Waals surface area contributed by atoms with Gasteiger partial charge in [-0.05, 0) is 46.8 Å². The first-order valence-corrected chi connectivity index (χ1v) is 8.88. The molecule has 0 spiro atoms. The van der Waals surface area contributed by atoms with Crippen LogP contribution in [0.15, 0.2) is 54.6 Å². The minimum Gasteiger partial charge on any atom is -0.0651 e. The Morgan fingerprint density at radius 3 is 2.09 bits per heavy atom. The van der Waals surface area contributed by atoms with E-state index in [9.17, 15) is 0 Å². The normalized spacial score (nSPS) is 13.3. The molecule has 0 nitrogen and oxygen atoms in total. The average molecular weight is 308 g/mol. The molecule has 0 saturated carbocycles. The van der Waals surface area contributed by atoms with Crippen molar-refractivity contribution < 1.29 is 0 Å². The second kappa shape index (κ2) is 7.81. The lowest BCUT2D eigenvalue weighted by atomic mass is 9.77. The second-order valence-electron chi connectivity index (χ2n) is 7.71. The van der Waals surface area contributed by atoms with Gasteiger partial charge in [0.2, 0.25) is 0 Å². The zero-order chi connectivity index (χ0) is 16.9. The molecule has 0 heteroatoms. The van der Waals surface area contributed by atoms with Gasteiger partial charge in [0.05, 0.1) is 0 Å². The van der Waals surface area contributed by atoms with Crippen LogP contribution in [0.5, 0.6) is 0 Å². The minimum absolute atomic E-state index is 0.198. The van der Waals surface area contributed by atoms with Gasteiger partial charge >= 0.3 is 0 Å². The Morgan fingerprint density at radius 2 is 1.48 bits per heavy atom. The molecule has 0 N–H and O–H groups in total. The fourth-order valence-electron chi connectivity index (χ4n) is 3.21. The molecule has 0 aromatic heterocycles. The molecule has 0 amide bonds. The highest BCUT2D eigenvalue weighted by atomic mass is 14.3. The molecule has 2 aromatic rings. The van der Waals surface area contributed by atoms with E-state index in [-0.39, 0.29) is 5.41 Å². The maximum absolute atomic E-state index is 2.37. The summed E-state index contributed by atoms with van der Waals surface area (Å²) in [6.07, 6.45) is 3.39. The molecule has 0 saturated heterocycles. The molecule has 1 atom stereocenters. The van der Waals surface area contributed by atoms with E-state index in [0.717, 1.165) is 12.8 Å². The van der Waals surface area contributed by atoms with Crippen LogP contribution in [0.3, 0.4) is 0 Å². The van der Waals surface area contributed by atoms with Gasteiger partial charge in [0.25, 0.3) is 0 Å². The van der Waals surface area contributed by atoms with Gasteiger partial charge in [-0.25, -0.2) is 0 Å². The molecule has 1 radical (unpaired) electrons. The van der Waals surface area contributed by atoms with Crippen LogP contribution < -0.4 is 0 Å². The lowest BCUT2D eigenvalue weighted by Gasteiger charge is -2.28. The predicted molar refractivity (Wildman–Crippen MR) is 102 cm³/mol. The van der Waals surface area contributed by atoms with Gasteiger partial charge in [-0.2, -0.15) is 0 Å². The van der Waals surface area contributed by atoms with Crippen molar-refractivity contribution in [2.75, 3.05) is 0 Å². The SMILES string of the molecule is CCC(C)[C](Cc1ccccc1)Cc1ccccc1C(C)(C)C. The Morgan fingerprint density at radius 1 is 0.870 bits per heavy atom. The van der Waals surface area contributed by atoms with E-state index >= 15 is 0 Å². The van der Waals surface area contributed by atoms with Crippen molar-refractivity contribution >= 4 is 0 Å². The first kappa shape index (κ1) is 17.8. The zero-order valence-corrected chi connectivity index (χ0v) is 15.4. The highest BCUT2D eigenvalue weighted by Crippen LogP contribution is 2.32. The van der Waals surface area contributed by atoms with Gasteiger partial charge in [-0.15, -0.1) is 0 Å². The third kappa shape index (κ3) is 4.96. The van der Waals surface area contributed by atoms with Crippen molar-refractivity contribution in [1.29, 1.82) is 0 Å². The molecule has 0 aliphatic carbocycles. The summed E-state index contributed by atoms with van der Waals surface area (Å²) < 4.78 is 0. The van der Waals surface area contributed by atoms with Gasteiger partial charge in [-0.1, -0.05) is 95.6 Å². The fourth-order valence-corrected chi connectivity index (χ4v) is 3.21. The van der Waals surface area contributed by atoms with Crippen molar-refractivity contribution in [3.05, 3.63) is 77.2 Å². The molecular weight excluding hydrogens is 276 g/mol. The first-order valence-electron chi connectivity index (χ1n) is 8.88. The van der Waals surface area contributed by atoms with E-state index in [1.165, 1.54) is 23.1 Å². The smallest absolute Gasteiger partial charge is 0.0126 e. The van der Waals surface area contributed by atoms with E-state index in [4.69, 9.17) is 0 Å². The third-order valence-corrected chi connectivity index (χ3v) is 4.83. The lowest BCUT2D eigenvalue weighted by molar-refractivity contribution is 0.526. The van der Waals surface area contributed by atoms with E-state index in [1.807, 2.05) is 0 Å². The van der Waals surface area contributed by atoms with E-state index in [2.05, 4.69) is 89.2 Å². The Hall–Kier alpha value is -1.56. The maximum atomic E-state index is 2.37. The predicted octanol–water partition coefficient (Wildman–Crippen LogP) is 6.39. The summed E-state index contributed by atoms with van der Waals surface area (Å²) in [5.41, 5.74) is 4.60. The largest absolute Gasteiger partial charge is 0.0651 e. The molecule has 2 rings (SSSR count). The van der Waals surface area contributed by atoms with Gasteiger partial charge in [0.15, 0.2) is 0 Å². The van der Waals surface area contributed by atoms with Crippen LogP contribution >= 0.6 is 0 Å². The van der Waals surface area contributed by atoms with Gasteiger partial charge < -0.3 is 0 Å². The molecule has 123 valence electrons. The van der Waals surface area contributed by atoms with Crippen LogP contribution in [0, 0.1) is 11.8 Å². The molecule has 1 unspecified atom stereocenters. The number of rotatable bonds is 6.